The zero-order valence-electron chi connectivity index (χ0n) is 31.1. The first kappa shape index (κ1) is 38.8. The van der Waals surface area contributed by atoms with Gasteiger partial charge in [0.25, 0.3) is 44.5 Å². The number of nitrogens with zero attached hydrogens (tertiary/aromatic N) is 4. The standard InChI is InChI=1S/2C22H14N2O4S2/c2*25-19-15-16(20(26)23(19)11-13-7-3-1-4-8-13)30-18-17(29-15)21(27)24(22(18)28)12-14-9-5-2-6-10-14/h2*1-10H,11-12H2. The topological polar surface area (TPSA) is 156 Å². The van der Waals surface area contributed by atoms with Crippen molar-refractivity contribution >= 4 is 82.9 Å². The molecule has 6 aromatic heterocycles. The van der Waals surface area contributed by atoms with Crippen molar-refractivity contribution in [1.82, 2.24) is 18.3 Å². The molecule has 16 heteroatoms. The van der Waals surface area contributed by atoms with Crippen molar-refractivity contribution in [1.29, 1.82) is 0 Å². The van der Waals surface area contributed by atoms with E-state index >= 15 is 0 Å². The Morgan fingerprint density at radius 2 is 0.400 bits per heavy atom. The molecule has 0 unspecified atom stereocenters. The van der Waals surface area contributed by atoms with Crippen molar-refractivity contribution in [2.45, 2.75) is 26.2 Å². The number of hydrogen-bond acceptors (Lipinski definition) is 12. The van der Waals surface area contributed by atoms with E-state index in [1.807, 2.05) is 121 Å². The lowest BCUT2D eigenvalue weighted by atomic mass is 10.2. The molecule has 12 nitrogen and oxygen atoms in total. The maximum atomic E-state index is 12.9. The zero-order chi connectivity index (χ0) is 41.7. The Labute approximate surface area is 351 Å². The fourth-order valence-corrected chi connectivity index (χ4v) is 11.7. The number of rotatable bonds is 8. The quantitative estimate of drug-likeness (QED) is 0.197. The maximum absolute atomic E-state index is 12.9. The minimum absolute atomic E-state index is 0.152. The molecule has 0 bridgehead atoms. The van der Waals surface area contributed by atoms with Crippen LogP contribution in [-0.4, -0.2) is 18.3 Å². The Bertz CT molecular complexity index is 3080. The predicted octanol–water partition coefficient (Wildman–Crippen LogP) is 5.39. The zero-order valence-corrected chi connectivity index (χ0v) is 34.3. The Morgan fingerprint density at radius 3 is 0.550 bits per heavy atom. The molecule has 0 atom stereocenters. The van der Waals surface area contributed by atoms with Crippen LogP contribution in [0.2, 0.25) is 0 Å². The third-order valence-corrected chi connectivity index (χ3v) is 15.1. The van der Waals surface area contributed by atoms with Gasteiger partial charge in [-0.2, -0.15) is 0 Å². The summed E-state index contributed by atoms with van der Waals surface area (Å²) in [5.41, 5.74) is -0.0924. The first-order chi connectivity index (χ1) is 29.1. The second-order valence-electron chi connectivity index (χ2n) is 13.8. The van der Waals surface area contributed by atoms with E-state index in [1.54, 1.807) is 0 Å². The van der Waals surface area contributed by atoms with E-state index in [1.165, 1.54) is 18.3 Å². The van der Waals surface area contributed by atoms with Crippen LogP contribution in [0.15, 0.2) is 160 Å². The van der Waals surface area contributed by atoms with Gasteiger partial charge in [-0.25, -0.2) is 0 Å². The Balaban J connectivity index is 0.000000154. The molecule has 0 radical (unpaired) electrons. The average Bonchev–Trinajstić information content (AvgIpc) is 3.84. The van der Waals surface area contributed by atoms with Gasteiger partial charge in [-0.15, -0.1) is 45.3 Å². The molecule has 4 aromatic carbocycles. The summed E-state index contributed by atoms with van der Waals surface area (Å²) < 4.78 is 6.46. The number of hydrogen-bond donors (Lipinski definition) is 0. The molecule has 0 amide bonds. The van der Waals surface area contributed by atoms with Crippen molar-refractivity contribution in [2.75, 3.05) is 0 Å². The molecule has 296 valence electrons. The van der Waals surface area contributed by atoms with Gasteiger partial charge >= 0.3 is 0 Å². The largest absolute Gasteiger partial charge is 0.272 e. The predicted molar refractivity (Wildman–Crippen MR) is 241 cm³/mol. The summed E-state index contributed by atoms with van der Waals surface area (Å²) >= 11 is 3.76. The lowest BCUT2D eigenvalue weighted by Gasteiger charge is -2.00. The molecular formula is C44H28N4O8S4. The summed E-state index contributed by atoms with van der Waals surface area (Å²) in [6, 6.07) is 36.9. The molecular weight excluding hydrogens is 841 g/mol. The van der Waals surface area contributed by atoms with E-state index in [2.05, 4.69) is 0 Å². The van der Waals surface area contributed by atoms with Gasteiger partial charge in [-0.1, -0.05) is 121 Å². The molecule has 0 saturated carbocycles. The molecule has 0 aliphatic heterocycles. The van der Waals surface area contributed by atoms with Crippen molar-refractivity contribution in [3.8, 4) is 0 Å². The molecule has 10 aromatic rings. The van der Waals surface area contributed by atoms with Crippen LogP contribution in [0.5, 0.6) is 0 Å². The van der Waals surface area contributed by atoms with Crippen LogP contribution in [-0.2, 0) is 26.2 Å². The van der Waals surface area contributed by atoms with E-state index in [0.717, 1.165) is 67.6 Å². The summed E-state index contributed by atoms with van der Waals surface area (Å²) in [6.45, 7) is 0.608. The highest BCUT2D eigenvalue weighted by atomic mass is 32.1. The molecule has 0 saturated heterocycles. The molecule has 10 rings (SSSR count). The van der Waals surface area contributed by atoms with Gasteiger partial charge in [0.1, 0.15) is 37.6 Å². The van der Waals surface area contributed by atoms with Gasteiger partial charge in [-0.3, -0.25) is 56.6 Å². The number of aromatic nitrogens is 4. The highest BCUT2D eigenvalue weighted by molar-refractivity contribution is 7.36. The third kappa shape index (κ3) is 6.88. The minimum Gasteiger partial charge on any atom is -0.268 e. The fraction of sp³-hybridized carbons (Fsp3) is 0.0909. The lowest BCUT2D eigenvalue weighted by Crippen LogP contribution is -2.26. The SMILES string of the molecule is O=c1c2sc3c(=O)n(Cc4ccccc4)c(=O)c3sc2c(=O)n1Cc1ccccc1.O=c1c2sc3c(=O)n(Cc4ccccc4)c(=O)c3sc2c(=O)n1Cc1ccccc1. The first-order valence-electron chi connectivity index (χ1n) is 18.4. The van der Waals surface area contributed by atoms with Crippen LogP contribution in [0.3, 0.4) is 0 Å². The second kappa shape index (κ2) is 15.8. The van der Waals surface area contributed by atoms with Gasteiger partial charge in [0.15, 0.2) is 0 Å². The average molecular weight is 869 g/mol. The molecule has 0 aliphatic rings. The first-order valence-corrected chi connectivity index (χ1v) is 21.6. The summed E-state index contributed by atoms with van der Waals surface area (Å²) in [5, 5.41) is 0. The summed E-state index contributed by atoms with van der Waals surface area (Å²) in [5.74, 6) is 0. The van der Waals surface area contributed by atoms with Crippen LogP contribution in [0.25, 0.3) is 37.6 Å². The highest BCUT2D eigenvalue weighted by Crippen LogP contribution is 2.27. The van der Waals surface area contributed by atoms with Gasteiger partial charge in [0.2, 0.25) is 0 Å². The van der Waals surface area contributed by atoms with E-state index < -0.39 is 44.5 Å². The molecule has 0 aliphatic carbocycles. The monoisotopic (exact) mass is 868 g/mol. The van der Waals surface area contributed by atoms with Gasteiger partial charge in [0.05, 0.1) is 26.2 Å². The smallest absolute Gasteiger partial charge is 0.268 e. The van der Waals surface area contributed by atoms with Crippen molar-refractivity contribution in [2.24, 2.45) is 0 Å². The van der Waals surface area contributed by atoms with E-state index in [0.29, 0.717) is 0 Å². The van der Waals surface area contributed by atoms with Crippen molar-refractivity contribution in [3.63, 3.8) is 0 Å². The Kier molecular flexibility index (Phi) is 10.2. The van der Waals surface area contributed by atoms with E-state index in [-0.39, 0.29) is 63.8 Å². The van der Waals surface area contributed by atoms with Crippen LogP contribution in [0, 0.1) is 0 Å². The van der Waals surface area contributed by atoms with Crippen LogP contribution < -0.4 is 44.5 Å². The Hall–Kier alpha value is -6.72. The van der Waals surface area contributed by atoms with E-state index in [4.69, 9.17) is 0 Å². The molecule has 6 heterocycles. The Morgan fingerprint density at radius 1 is 0.250 bits per heavy atom. The van der Waals surface area contributed by atoms with E-state index in [9.17, 15) is 38.4 Å². The molecule has 0 fully saturated rings. The van der Waals surface area contributed by atoms with Crippen LogP contribution in [0.1, 0.15) is 22.3 Å². The van der Waals surface area contributed by atoms with Gasteiger partial charge in [0, 0.05) is 0 Å². The number of fused-ring (bicyclic) bond motifs is 4. The molecule has 60 heavy (non-hydrogen) atoms. The normalized spacial score (nSPS) is 11.5. The summed E-state index contributed by atoms with van der Waals surface area (Å²) in [6.07, 6.45) is 0. The number of benzene rings is 4. The van der Waals surface area contributed by atoms with Crippen LogP contribution >= 0.6 is 45.3 Å². The third-order valence-electron chi connectivity index (χ3n) is 9.89. The van der Waals surface area contributed by atoms with Gasteiger partial charge in [-0.05, 0) is 22.3 Å². The van der Waals surface area contributed by atoms with Crippen LogP contribution in [0.4, 0.5) is 0 Å². The molecule has 0 spiro atoms. The van der Waals surface area contributed by atoms with Crippen molar-refractivity contribution < 1.29 is 0 Å². The minimum atomic E-state index is -0.426. The summed E-state index contributed by atoms with van der Waals surface area (Å²) in [4.78, 5) is 103. The summed E-state index contributed by atoms with van der Waals surface area (Å²) in [7, 11) is 0. The van der Waals surface area contributed by atoms with Crippen molar-refractivity contribution in [3.05, 3.63) is 226 Å². The maximum Gasteiger partial charge on any atom is 0.272 e. The molecule has 0 N–H and O–H groups in total. The van der Waals surface area contributed by atoms with Gasteiger partial charge < -0.3 is 0 Å². The lowest BCUT2D eigenvalue weighted by molar-refractivity contribution is 0.755. The fourth-order valence-electron chi connectivity index (χ4n) is 6.89. The second-order valence-corrected chi connectivity index (χ2v) is 17.9. The highest BCUT2D eigenvalue weighted by Gasteiger charge is 2.23.